The van der Waals surface area contributed by atoms with Gasteiger partial charge < -0.3 is 10.6 Å². The highest BCUT2D eigenvalue weighted by Gasteiger charge is 2.24. The molecule has 0 bridgehead atoms. The molecule has 0 atom stereocenters. The number of nitrogens with one attached hydrogen (secondary N) is 1. The monoisotopic (exact) mass is 444 g/mol. The molecule has 0 aliphatic rings. The van der Waals surface area contributed by atoms with Gasteiger partial charge in [0.15, 0.2) is 11.3 Å². The van der Waals surface area contributed by atoms with E-state index in [1.807, 2.05) is 13.8 Å². The molecular weight excluding hydrogens is 416 g/mol. The van der Waals surface area contributed by atoms with Crippen molar-refractivity contribution in [3.05, 3.63) is 43.7 Å². The van der Waals surface area contributed by atoms with Crippen molar-refractivity contribution in [2.45, 2.75) is 52.6 Å². The van der Waals surface area contributed by atoms with Crippen LogP contribution >= 0.6 is 0 Å². The van der Waals surface area contributed by atoms with Gasteiger partial charge in [-0.1, -0.05) is 20.3 Å². The Bertz CT molecular complexity index is 1300. The van der Waals surface area contributed by atoms with Gasteiger partial charge in [0.05, 0.1) is 12.5 Å². The summed E-state index contributed by atoms with van der Waals surface area (Å²) in [5.74, 6) is -0.420. The van der Waals surface area contributed by atoms with Crippen LogP contribution in [0, 0.1) is 0 Å². The number of aryl methyl sites for hydroxylation is 2. The first kappa shape index (κ1) is 23.0. The highest BCUT2D eigenvalue weighted by atomic mass is 16.2. The van der Waals surface area contributed by atoms with Gasteiger partial charge in [-0.05, 0) is 12.8 Å². The van der Waals surface area contributed by atoms with Crippen molar-refractivity contribution in [3.63, 3.8) is 0 Å². The lowest BCUT2D eigenvalue weighted by molar-refractivity contribution is -0.118. The lowest BCUT2D eigenvalue weighted by atomic mass is 10.2. The zero-order valence-electron chi connectivity index (χ0n) is 18.5. The number of hydrogen-bond acceptors (Lipinski definition) is 7. The number of nitrogen functional groups attached to an aromatic ring is 1. The van der Waals surface area contributed by atoms with Gasteiger partial charge in [0, 0.05) is 33.1 Å². The van der Waals surface area contributed by atoms with Crippen molar-refractivity contribution < 1.29 is 4.79 Å². The summed E-state index contributed by atoms with van der Waals surface area (Å²) in [5, 5.41) is 4.39. The Kier molecular flexibility index (Phi) is 6.91. The van der Waals surface area contributed by atoms with Crippen LogP contribution in [0.1, 0.15) is 39.5 Å². The van der Waals surface area contributed by atoms with Crippen LogP contribution in [0.5, 0.6) is 0 Å². The molecule has 0 spiro atoms. The maximum atomic E-state index is 13.1. The zero-order valence-corrected chi connectivity index (χ0v) is 18.5. The number of nitrogens with zero attached hydrogens (tertiary/aromatic N) is 6. The highest BCUT2D eigenvalue weighted by Crippen LogP contribution is 2.19. The first-order valence-corrected chi connectivity index (χ1v) is 10.6. The van der Waals surface area contributed by atoms with Gasteiger partial charge in [0.1, 0.15) is 11.2 Å². The zero-order chi connectivity index (χ0) is 23.4. The standard InChI is InChI=1S/C20H28N8O4/c1-4-6-9-27(15-16(21)28(8-5-2)20(32)24-18(15)30)14(29)7-10-26-12-22-17-13(19(26)31)11-23-25(17)3/h11-12H,4-10,21H2,1-3H3,(H,24,30,32). The van der Waals surface area contributed by atoms with E-state index in [0.29, 0.717) is 30.4 Å². The molecule has 32 heavy (non-hydrogen) atoms. The highest BCUT2D eigenvalue weighted by molar-refractivity contribution is 5.95. The Morgan fingerprint density at radius 2 is 1.94 bits per heavy atom. The minimum Gasteiger partial charge on any atom is -0.383 e. The Labute approximate surface area is 183 Å². The van der Waals surface area contributed by atoms with Crippen molar-refractivity contribution >= 4 is 28.4 Å². The van der Waals surface area contributed by atoms with Crippen LogP contribution in [-0.2, 0) is 24.9 Å². The molecular formula is C20H28N8O4. The van der Waals surface area contributed by atoms with Gasteiger partial charge in [-0.25, -0.2) is 9.78 Å². The Morgan fingerprint density at radius 3 is 2.62 bits per heavy atom. The number of amides is 1. The number of unbranched alkanes of at least 4 members (excludes halogenated alkanes) is 1. The van der Waals surface area contributed by atoms with Gasteiger partial charge in [-0.3, -0.25) is 33.2 Å². The Morgan fingerprint density at radius 1 is 1.19 bits per heavy atom. The first-order chi connectivity index (χ1) is 15.3. The van der Waals surface area contributed by atoms with Crippen LogP contribution in [0.4, 0.5) is 11.5 Å². The van der Waals surface area contributed by atoms with Crippen molar-refractivity contribution in [2.75, 3.05) is 17.2 Å². The molecule has 3 heterocycles. The van der Waals surface area contributed by atoms with E-state index in [1.165, 1.54) is 31.2 Å². The maximum Gasteiger partial charge on any atom is 0.330 e. The summed E-state index contributed by atoms with van der Waals surface area (Å²) in [6, 6.07) is 0. The van der Waals surface area contributed by atoms with Crippen molar-refractivity contribution in [2.24, 2.45) is 7.05 Å². The van der Waals surface area contributed by atoms with E-state index < -0.39 is 11.2 Å². The van der Waals surface area contributed by atoms with Crippen LogP contribution < -0.4 is 27.4 Å². The summed E-state index contributed by atoms with van der Waals surface area (Å²) in [6.07, 6.45) is 4.82. The molecule has 172 valence electrons. The lowest BCUT2D eigenvalue weighted by Crippen LogP contribution is -2.42. The second-order valence-electron chi connectivity index (χ2n) is 7.54. The average molecular weight is 444 g/mol. The molecule has 3 N–H and O–H groups in total. The van der Waals surface area contributed by atoms with E-state index >= 15 is 0 Å². The Hall–Kier alpha value is -3.70. The molecule has 12 heteroatoms. The van der Waals surface area contributed by atoms with Crippen molar-refractivity contribution in [1.82, 2.24) is 28.9 Å². The van der Waals surface area contributed by atoms with E-state index in [0.717, 1.165) is 6.42 Å². The fourth-order valence-corrected chi connectivity index (χ4v) is 3.54. The molecule has 0 unspecified atom stereocenters. The predicted octanol–water partition coefficient (Wildman–Crippen LogP) is 0.196. The van der Waals surface area contributed by atoms with E-state index in [1.54, 1.807) is 7.05 Å². The number of anilines is 2. The molecule has 3 aromatic rings. The third-order valence-electron chi connectivity index (χ3n) is 5.25. The summed E-state index contributed by atoms with van der Waals surface area (Å²) < 4.78 is 4.10. The predicted molar refractivity (Wildman–Crippen MR) is 121 cm³/mol. The molecule has 12 nitrogen and oxygen atoms in total. The van der Waals surface area contributed by atoms with Gasteiger partial charge >= 0.3 is 5.69 Å². The molecule has 0 aliphatic heterocycles. The molecule has 0 aromatic carbocycles. The normalized spacial score (nSPS) is 11.2. The van der Waals surface area contributed by atoms with Crippen LogP contribution in [0.15, 0.2) is 26.9 Å². The maximum absolute atomic E-state index is 13.1. The van der Waals surface area contributed by atoms with Gasteiger partial charge in [-0.15, -0.1) is 0 Å². The van der Waals surface area contributed by atoms with E-state index in [9.17, 15) is 19.2 Å². The van der Waals surface area contributed by atoms with E-state index in [-0.39, 0.29) is 42.5 Å². The largest absolute Gasteiger partial charge is 0.383 e. The van der Waals surface area contributed by atoms with Gasteiger partial charge in [-0.2, -0.15) is 5.10 Å². The van der Waals surface area contributed by atoms with Crippen LogP contribution in [-0.4, -0.2) is 41.3 Å². The fraction of sp³-hybridized carbons (Fsp3) is 0.500. The molecule has 0 fully saturated rings. The number of carbonyl (C=O) groups excluding carboxylic acids is 1. The number of hydrogen-bond donors (Lipinski definition) is 2. The summed E-state index contributed by atoms with van der Waals surface area (Å²) in [7, 11) is 1.69. The second kappa shape index (κ2) is 9.62. The van der Waals surface area contributed by atoms with E-state index in [4.69, 9.17) is 5.73 Å². The van der Waals surface area contributed by atoms with Gasteiger partial charge in [0.2, 0.25) is 5.91 Å². The molecule has 3 aromatic heterocycles. The number of nitrogens with two attached hydrogens (primary N) is 1. The number of rotatable bonds is 9. The summed E-state index contributed by atoms with van der Waals surface area (Å²) in [6.45, 7) is 4.49. The Balaban J connectivity index is 1.92. The lowest BCUT2D eigenvalue weighted by Gasteiger charge is -2.24. The molecule has 0 saturated heterocycles. The van der Waals surface area contributed by atoms with Gasteiger partial charge in [0.25, 0.3) is 11.1 Å². The molecule has 0 radical (unpaired) electrons. The third-order valence-corrected chi connectivity index (χ3v) is 5.25. The number of aromatic nitrogens is 6. The van der Waals surface area contributed by atoms with Crippen LogP contribution in [0.25, 0.3) is 11.0 Å². The quantitative estimate of drug-likeness (QED) is 0.478. The smallest absolute Gasteiger partial charge is 0.330 e. The van der Waals surface area contributed by atoms with Crippen LogP contribution in [0.3, 0.4) is 0 Å². The summed E-state index contributed by atoms with van der Waals surface area (Å²) >= 11 is 0. The SMILES string of the molecule is CCCCN(C(=O)CCn1cnc2c(cnn2C)c1=O)c1c(N)n(CCC)c(=O)[nH]c1=O. The fourth-order valence-electron chi connectivity index (χ4n) is 3.54. The summed E-state index contributed by atoms with van der Waals surface area (Å²) in [5.41, 5.74) is 4.96. The number of fused-ring (bicyclic) bond motifs is 1. The summed E-state index contributed by atoms with van der Waals surface area (Å²) in [4.78, 5) is 58.3. The van der Waals surface area contributed by atoms with E-state index in [2.05, 4.69) is 15.1 Å². The third kappa shape index (κ3) is 4.34. The van der Waals surface area contributed by atoms with Crippen molar-refractivity contribution in [3.8, 4) is 0 Å². The second-order valence-corrected chi connectivity index (χ2v) is 7.54. The number of aromatic amines is 1. The minimum atomic E-state index is -0.708. The number of H-pyrrole nitrogens is 1. The molecule has 0 saturated carbocycles. The average Bonchev–Trinajstić information content (AvgIpc) is 3.14. The molecule has 1 amide bonds. The van der Waals surface area contributed by atoms with Crippen molar-refractivity contribution in [1.29, 1.82) is 0 Å². The topological polar surface area (TPSA) is 154 Å². The van der Waals surface area contributed by atoms with Crippen LogP contribution in [0.2, 0.25) is 0 Å². The molecule has 3 rings (SSSR count). The minimum absolute atomic E-state index is 0.0373. The first-order valence-electron chi connectivity index (χ1n) is 10.6. The molecule has 0 aliphatic carbocycles. The number of carbonyl (C=O) groups is 1.